The van der Waals surface area contributed by atoms with E-state index in [1.54, 1.807) is 18.2 Å². The Hall–Kier alpha value is -1.59. The van der Waals surface area contributed by atoms with Gasteiger partial charge in [-0.15, -0.1) is 0 Å². The molecule has 2 amide bonds. The molecule has 1 atom stereocenters. The number of hydrogen-bond donors (Lipinski definition) is 3. The van der Waals surface area contributed by atoms with Gasteiger partial charge in [0.1, 0.15) is 0 Å². The molecule has 2 rings (SSSR count). The van der Waals surface area contributed by atoms with Crippen LogP contribution in [0.2, 0.25) is 5.02 Å². The van der Waals surface area contributed by atoms with Crippen molar-refractivity contribution in [3.63, 3.8) is 0 Å². The molecule has 1 heterocycles. The Bertz CT molecular complexity index is 528. The van der Waals surface area contributed by atoms with Gasteiger partial charge < -0.3 is 16.0 Å². The fourth-order valence-electron chi connectivity index (χ4n) is 2.46. The van der Waals surface area contributed by atoms with E-state index in [2.05, 4.69) is 16.0 Å². The van der Waals surface area contributed by atoms with Gasteiger partial charge in [0.05, 0.1) is 10.7 Å². The minimum Gasteiger partial charge on any atom is -0.326 e. The fraction of sp³-hybridized carbons (Fsp3) is 0.467. The molecule has 1 aliphatic rings. The summed E-state index contributed by atoms with van der Waals surface area (Å²) in [6, 6.07) is 5.06. The quantitative estimate of drug-likeness (QED) is 0.800. The Morgan fingerprint density at radius 2 is 2.19 bits per heavy atom. The third-order valence-electron chi connectivity index (χ3n) is 3.44. The number of hydrogen-bond acceptors (Lipinski definition) is 3. The summed E-state index contributed by atoms with van der Waals surface area (Å²) in [6.07, 6.45) is 2.72. The van der Waals surface area contributed by atoms with Gasteiger partial charge in [-0.1, -0.05) is 11.6 Å². The van der Waals surface area contributed by atoms with Crippen LogP contribution < -0.4 is 16.0 Å². The normalized spacial score (nSPS) is 18.1. The van der Waals surface area contributed by atoms with Crippen LogP contribution in [0.1, 0.15) is 26.2 Å². The SMILES string of the molecule is CC(=O)Nc1ccc(NC(=O)CC2CCCNC2)cc1Cl. The lowest BCUT2D eigenvalue weighted by Crippen LogP contribution is -2.32. The largest absolute Gasteiger partial charge is 0.326 e. The molecule has 1 saturated heterocycles. The number of piperidine rings is 1. The minimum atomic E-state index is -0.182. The van der Waals surface area contributed by atoms with E-state index in [9.17, 15) is 9.59 Å². The summed E-state index contributed by atoms with van der Waals surface area (Å²) in [6.45, 7) is 3.36. The highest BCUT2D eigenvalue weighted by Crippen LogP contribution is 2.26. The first kappa shape index (κ1) is 15.8. The zero-order valence-electron chi connectivity index (χ0n) is 12.0. The lowest BCUT2D eigenvalue weighted by molar-refractivity contribution is -0.117. The Morgan fingerprint density at radius 1 is 1.38 bits per heavy atom. The lowest BCUT2D eigenvalue weighted by Gasteiger charge is -2.22. The number of carbonyl (C=O) groups excluding carboxylic acids is 2. The van der Waals surface area contributed by atoms with Gasteiger partial charge in [-0.25, -0.2) is 0 Å². The molecule has 1 aliphatic heterocycles. The number of rotatable bonds is 4. The second-order valence-corrected chi connectivity index (χ2v) is 5.75. The average molecular weight is 310 g/mol. The maximum absolute atomic E-state index is 12.0. The van der Waals surface area contributed by atoms with E-state index in [-0.39, 0.29) is 11.8 Å². The van der Waals surface area contributed by atoms with Crippen LogP contribution in [-0.2, 0) is 9.59 Å². The van der Waals surface area contributed by atoms with E-state index >= 15 is 0 Å². The molecule has 0 spiro atoms. The first-order valence-corrected chi connectivity index (χ1v) is 7.50. The summed E-state index contributed by atoms with van der Waals surface area (Å²) < 4.78 is 0. The Kier molecular flexibility index (Phi) is 5.59. The smallest absolute Gasteiger partial charge is 0.224 e. The van der Waals surface area contributed by atoms with Crippen LogP contribution >= 0.6 is 11.6 Å². The Balaban J connectivity index is 1.91. The van der Waals surface area contributed by atoms with E-state index in [0.29, 0.717) is 28.7 Å². The molecular weight excluding hydrogens is 290 g/mol. The zero-order valence-corrected chi connectivity index (χ0v) is 12.8. The summed E-state index contributed by atoms with van der Waals surface area (Å²) in [7, 11) is 0. The van der Waals surface area contributed by atoms with Gasteiger partial charge in [0.2, 0.25) is 11.8 Å². The van der Waals surface area contributed by atoms with Crippen LogP contribution in [0.25, 0.3) is 0 Å². The summed E-state index contributed by atoms with van der Waals surface area (Å²) in [5.74, 6) is 0.207. The first-order chi connectivity index (χ1) is 10.0. The number of nitrogens with one attached hydrogen (secondary N) is 3. The number of halogens is 1. The van der Waals surface area contributed by atoms with E-state index in [1.165, 1.54) is 6.92 Å². The summed E-state index contributed by atoms with van der Waals surface area (Å²) in [4.78, 5) is 23.0. The second-order valence-electron chi connectivity index (χ2n) is 5.34. The molecular formula is C15H20ClN3O2. The van der Waals surface area contributed by atoms with Gasteiger partial charge in [0.15, 0.2) is 0 Å². The zero-order chi connectivity index (χ0) is 15.2. The van der Waals surface area contributed by atoms with Crippen LogP contribution in [0, 0.1) is 5.92 Å². The summed E-state index contributed by atoms with van der Waals surface area (Å²) >= 11 is 6.07. The molecule has 0 bridgehead atoms. The van der Waals surface area contributed by atoms with E-state index in [0.717, 1.165) is 25.9 Å². The van der Waals surface area contributed by atoms with E-state index in [4.69, 9.17) is 11.6 Å². The fourth-order valence-corrected chi connectivity index (χ4v) is 2.68. The van der Waals surface area contributed by atoms with Crippen molar-refractivity contribution in [2.75, 3.05) is 23.7 Å². The van der Waals surface area contributed by atoms with Gasteiger partial charge in [-0.3, -0.25) is 9.59 Å². The molecule has 0 aliphatic carbocycles. The molecule has 21 heavy (non-hydrogen) atoms. The van der Waals surface area contributed by atoms with Crippen LogP contribution in [-0.4, -0.2) is 24.9 Å². The molecule has 1 unspecified atom stereocenters. The first-order valence-electron chi connectivity index (χ1n) is 7.12. The number of benzene rings is 1. The molecule has 0 saturated carbocycles. The van der Waals surface area contributed by atoms with Crippen molar-refractivity contribution in [1.82, 2.24) is 5.32 Å². The number of anilines is 2. The predicted molar refractivity (Wildman–Crippen MR) is 84.6 cm³/mol. The summed E-state index contributed by atoms with van der Waals surface area (Å²) in [5.41, 5.74) is 1.18. The molecule has 114 valence electrons. The Morgan fingerprint density at radius 3 is 2.81 bits per heavy atom. The van der Waals surface area contributed by atoms with Crippen molar-refractivity contribution < 1.29 is 9.59 Å². The van der Waals surface area contributed by atoms with Crippen LogP contribution in [0.4, 0.5) is 11.4 Å². The van der Waals surface area contributed by atoms with Crippen LogP contribution in [0.5, 0.6) is 0 Å². The van der Waals surface area contributed by atoms with Crippen molar-refractivity contribution >= 4 is 34.8 Å². The molecule has 1 aromatic carbocycles. The van der Waals surface area contributed by atoms with Crippen molar-refractivity contribution in [3.05, 3.63) is 23.2 Å². The molecule has 0 radical (unpaired) electrons. The van der Waals surface area contributed by atoms with Crippen LogP contribution in [0.15, 0.2) is 18.2 Å². The maximum atomic E-state index is 12.0. The Labute approximate surface area is 129 Å². The predicted octanol–water partition coefficient (Wildman–Crippen LogP) is 2.63. The van der Waals surface area contributed by atoms with Crippen molar-refractivity contribution in [3.8, 4) is 0 Å². The second kappa shape index (κ2) is 7.43. The summed E-state index contributed by atoms with van der Waals surface area (Å²) in [5, 5.41) is 9.18. The topological polar surface area (TPSA) is 70.2 Å². The highest BCUT2D eigenvalue weighted by molar-refractivity contribution is 6.34. The molecule has 5 nitrogen and oxygen atoms in total. The van der Waals surface area contributed by atoms with Crippen LogP contribution in [0.3, 0.4) is 0 Å². The highest BCUT2D eigenvalue weighted by Gasteiger charge is 2.17. The lowest BCUT2D eigenvalue weighted by atomic mass is 9.96. The molecule has 6 heteroatoms. The number of amides is 2. The van der Waals surface area contributed by atoms with Gasteiger partial charge in [-0.2, -0.15) is 0 Å². The monoisotopic (exact) mass is 309 g/mol. The molecule has 3 N–H and O–H groups in total. The third-order valence-corrected chi connectivity index (χ3v) is 3.75. The van der Waals surface area contributed by atoms with Gasteiger partial charge in [-0.05, 0) is 50.0 Å². The average Bonchev–Trinajstić information content (AvgIpc) is 2.42. The highest BCUT2D eigenvalue weighted by atomic mass is 35.5. The van der Waals surface area contributed by atoms with Crippen molar-refractivity contribution in [2.24, 2.45) is 5.92 Å². The molecule has 1 aromatic rings. The standard InChI is InChI=1S/C15H20ClN3O2/c1-10(20)18-14-5-4-12(8-13(14)16)19-15(21)7-11-3-2-6-17-9-11/h4-5,8,11,17H,2-3,6-7,9H2,1H3,(H,18,20)(H,19,21). The van der Waals surface area contributed by atoms with Gasteiger partial charge in [0.25, 0.3) is 0 Å². The van der Waals surface area contributed by atoms with E-state index in [1.807, 2.05) is 0 Å². The maximum Gasteiger partial charge on any atom is 0.224 e. The van der Waals surface area contributed by atoms with Crippen molar-refractivity contribution in [2.45, 2.75) is 26.2 Å². The number of carbonyl (C=O) groups is 2. The van der Waals surface area contributed by atoms with Gasteiger partial charge in [0, 0.05) is 19.0 Å². The van der Waals surface area contributed by atoms with Gasteiger partial charge >= 0.3 is 0 Å². The minimum absolute atomic E-state index is 0.00737. The molecule has 1 fully saturated rings. The van der Waals surface area contributed by atoms with E-state index < -0.39 is 0 Å². The molecule has 0 aromatic heterocycles. The van der Waals surface area contributed by atoms with Crippen molar-refractivity contribution in [1.29, 1.82) is 0 Å². The third kappa shape index (κ3) is 5.02.